The van der Waals surface area contributed by atoms with Gasteiger partial charge in [-0.2, -0.15) is 0 Å². The van der Waals surface area contributed by atoms with E-state index in [1.54, 1.807) is 6.92 Å². The first-order chi connectivity index (χ1) is 7.84. The number of anilines is 1. The Balaban J connectivity index is 2.68. The van der Waals surface area contributed by atoms with Crippen molar-refractivity contribution in [2.24, 2.45) is 0 Å². The predicted octanol–water partition coefficient (Wildman–Crippen LogP) is 3.63. The highest BCUT2D eigenvalue weighted by molar-refractivity contribution is 5.95. The van der Waals surface area contributed by atoms with Gasteiger partial charge in [0, 0.05) is 12.5 Å². The molecule has 2 nitrogen and oxygen atoms in total. The fraction of sp³-hybridized carbons (Fsp3) is 0.533. The Hall–Kier alpha value is -1.31. The highest BCUT2D eigenvalue weighted by atomic mass is 16.2. The third-order valence-electron chi connectivity index (χ3n) is 3.75. The number of benzene rings is 1. The van der Waals surface area contributed by atoms with Crippen LogP contribution in [-0.4, -0.2) is 11.4 Å². The van der Waals surface area contributed by atoms with Crippen molar-refractivity contribution < 1.29 is 4.79 Å². The molecular formula is C15H21NO. The SMILES string of the molecule is CC(=O)N1c2c(C)cccc2[C@@H](C)CC1(C)C. The molecule has 0 bridgehead atoms. The summed E-state index contributed by atoms with van der Waals surface area (Å²) in [5, 5.41) is 0. The Kier molecular flexibility index (Phi) is 2.76. The number of hydrogen-bond acceptors (Lipinski definition) is 1. The van der Waals surface area contributed by atoms with Gasteiger partial charge in [-0.15, -0.1) is 0 Å². The van der Waals surface area contributed by atoms with E-state index in [1.165, 1.54) is 11.1 Å². The molecule has 1 aromatic rings. The maximum Gasteiger partial charge on any atom is 0.224 e. The lowest BCUT2D eigenvalue weighted by Crippen LogP contribution is -2.51. The van der Waals surface area contributed by atoms with Gasteiger partial charge in [-0.1, -0.05) is 25.1 Å². The third kappa shape index (κ3) is 1.86. The Morgan fingerprint density at radius 2 is 2.06 bits per heavy atom. The van der Waals surface area contributed by atoms with Crippen molar-refractivity contribution in [1.82, 2.24) is 0 Å². The lowest BCUT2D eigenvalue weighted by molar-refractivity contribution is -0.117. The summed E-state index contributed by atoms with van der Waals surface area (Å²) in [6.45, 7) is 10.3. The number of nitrogens with zero attached hydrogens (tertiary/aromatic N) is 1. The Morgan fingerprint density at radius 1 is 1.41 bits per heavy atom. The van der Waals surface area contributed by atoms with Gasteiger partial charge in [0.15, 0.2) is 0 Å². The van der Waals surface area contributed by atoms with E-state index in [-0.39, 0.29) is 11.4 Å². The molecule has 2 heteroatoms. The van der Waals surface area contributed by atoms with E-state index in [1.807, 2.05) is 4.90 Å². The molecule has 92 valence electrons. The van der Waals surface area contributed by atoms with Gasteiger partial charge in [0.25, 0.3) is 0 Å². The van der Waals surface area contributed by atoms with Gasteiger partial charge in [0.1, 0.15) is 0 Å². The van der Waals surface area contributed by atoms with E-state index in [0.29, 0.717) is 5.92 Å². The zero-order valence-electron chi connectivity index (χ0n) is 11.4. The third-order valence-corrected chi connectivity index (χ3v) is 3.75. The van der Waals surface area contributed by atoms with Gasteiger partial charge in [0.2, 0.25) is 5.91 Å². The van der Waals surface area contributed by atoms with Crippen molar-refractivity contribution in [3.8, 4) is 0 Å². The smallest absolute Gasteiger partial charge is 0.224 e. The van der Waals surface area contributed by atoms with Crippen LogP contribution >= 0.6 is 0 Å². The topological polar surface area (TPSA) is 20.3 Å². The van der Waals surface area contributed by atoms with Crippen molar-refractivity contribution in [2.45, 2.75) is 52.5 Å². The van der Waals surface area contributed by atoms with E-state index < -0.39 is 0 Å². The van der Waals surface area contributed by atoms with E-state index >= 15 is 0 Å². The lowest BCUT2D eigenvalue weighted by atomic mass is 9.79. The Labute approximate surface area is 104 Å². The standard InChI is InChI=1S/C15H21NO/c1-10-7-6-8-13-11(2)9-15(4,5)16(12(3)17)14(10)13/h6-8,11H,9H2,1-5H3/t11-/m0/s1. The van der Waals surface area contributed by atoms with Crippen LogP contribution in [-0.2, 0) is 4.79 Å². The molecule has 0 fully saturated rings. The zero-order valence-corrected chi connectivity index (χ0v) is 11.4. The van der Waals surface area contributed by atoms with E-state index in [4.69, 9.17) is 0 Å². The summed E-state index contributed by atoms with van der Waals surface area (Å²) < 4.78 is 0. The maximum absolute atomic E-state index is 12.0. The molecule has 1 aromatic carbocycles. The second-order valence-electron chi connectivity index (χ2n) is 5.78. The molecule has 1 aliphatic heterocycles. The van der Waals surface area contributed by atoms with Gasteiger partial charge in [-0.3, -0.25) is 4.79 Å². The highest BCUT2D eigenvalue weighted by Crippen LogP contribution is 2.44. The minimum atomic E-state index is -0.0929. The Bertz CT molecular complexity index is 462. The second-order valence-corrected chi connectivity index (χ2v) is 5.78. The average Bonchev–Trinajstić information content (AvgIpc) is 2.17. The first-order valence-corrected chi connectivity index (χ1v) is 6.25. The average molecular weight is 231 g/mol. The number of hydrogen-bond donors (Lipinski definition) is 0. The predicted molar refractivity (Wildman–Crippen MR) is 71.5 cm³/mol. The molecule has 2 rings (SSSR count). The van der Waals surface area contributed by atoms with Crippen molar-refractivity contribution in [3.05, 3.63) is 29.3 Å². The van der Waals surface area contributed by atoms with Gasteiger partial charge in [0.05, 0.1) is 5.69 Å². The van der Waals surface area contributed by atoms with Crippen molar-refractivity contribution >= 4 is 11.6 Å². The molecule has 1 atom stereocenters. The summed E-state index contributed by atoms with van der Waals surface area (Å²) in [7, 11) is 0. The van der Waals surface area contributed by atoms with Crippen LogP contribution in [0.4, 0.5) is 5.69 Å². The number of rotatable bonds is 0. The monoisotopic (exact) mass is 231 g/mol. The molecule has 0 saturated heterocycles. The fourth-order valence-electron chi connectivity index (χ4n) is 3.22. The van der Waals surface area contributed by atoms with Crippen molar-refractivity contribution in [2.75, 3.05) is 4.90 Å². The second kappa shape index (κ2) is 3.86. The van der Waals surface area contributed by atoms with Crippen LogP contribution in [0.1, 0.15) is 51.2 Å². The van der Waals surface area contributed by atoms with Crippen LogP contribution in [0.15, 0.2) is 18.2 Å². The van der Waals surface area contributed by atoms with Crippen LogP contribution in [0.2, 0.25) is 0 Å². The lowest BCUT2D eigenvalue weighted by Gasteiger charge is -2.46. The molecule has 1 aliphatic rings. The van der Waals surface area contributed by atoms with Crippen molar-refractivity contribution in [3.63, 3.8) is 0 Å². The number of fused-ring (bicyclic) bond motifs is 1. The molecule has 1 amide bonds. The van der Waals surface area contributed by atoms with Gasteiger partial charge in [-0.05, 0) is 44.2 Å². The molecule has 0 aromatic heterocycles. The highest BCUT2D eigenvalue weighted by Gasteiger charge is 2.39. The van der Waals surface area contributed by atoms with Gasteiger partial charge < -0.3 is 4.90 Å². The molecule has 0 aliphatic carbocycles. The number of carbonyl (C=O) groups excluding carboxylic acids is 1. The fourth-order valence-corrected chi connectivity index (χ4v) is 3.22. The summed E-state index contributed by atoms with van der Waals surface area (Å²) in [4.78, 5) is 13.9. The van der Waals surface area contributed by atoms with E-state index in [0.717, 1.165) is 12.1 Å². The van der Waals surface area contributed by atoms with E-state index in [9.17, 15) is 4.79 Å². The van der Waals surface area contributed by atoms with Crippen LogP contribution in [0, 0.1) is 6.92 Å². The normalized spacial score (nSPS) is 22.2. The maximum atomic E-state index is 12.0. The van der Waals surface area contributed by atoms with Crippen LogP contribution in [0.5, 0.6) is 0 Å². The van der Waals surface area contributed by atoms with E-state index in [2.05, 4.69) is 45.9 Å². The summed E-state index contributed by atoms with van der Waals surface area (Å²) in [5.41, 5.74) is 3.53. The number of carbonyl (C=O) groups is 1. The Morgan fingerprint density at radius 3 is 2.65 bits per heavy atom. The van der Waals surface area contributed by atoms with Crippen LogP contribution in [0.25, 0.3) is 0 Å². The first kappa shape index (κ1) is 12.2. The quantitative estimate of drug-likeness (QED) is 0.667. The molecule has 0 spiro atoms. The summed E-state index contributed by atoms with van der Waals surface area (Å²) in [6, 6.07) is 6.32. The first-order valence-electron chi connectivity index (χ1n) is 6.25. The number of aryl methyl sites for hydroxylation is 1. The molecular weight excluding hydrogens is 210 g/mol. The van der Waals surface area contributed by atoms with Crippen LogP contribution < -0.4 is 4.90 Å². The minimum absolute atomic E-state index is 0.0929. The zero-order chi connectivity index (χ0) is 12.8. The number of para-hydroxylation sites is 1. The molecule has 0 saturated carbocycles. The van der Waals surface area contributed by atoms with Gasteiger partial charge >= 0.3 is 0 Å². The van der Waals surface area contributed by atoms with Gasteiger partial charge in [-0.25, -0.2) is 0 Å². The molecule has 0 unspecified atom stereocenters. The molecule has 17 heavy (non-hydrogen) atoms. The summed E-state index contributed by atoms with van der Waals surface area (Å²) in [6.07, 6.45) is 1.02. The largest absolute Gasteiger partial charge is 0.307 e. The number of amides is 1. The molecule has 1 heterocycles. The minimum Gasteiger partial charge on any atom is -0.307 e. The van der Waals surface area contributed by atoms with Crippen LogP contribution in [0.3, 0.4) is 0 Å². The summed E-state index contributed by atoms with van der Waals surface area (Å²) >= 11 is 0. The molecule has 0 radical (unpaired) electrons. The van der Waals surface area contributed by atoms with Crippen molar-refractivity contribution in [1.29, 1.82) is 0 Å². The molecule has 0 N–H and O–H groups in total. The summed E-state index contributed by atoms with van der Waals surface area (Å²) in [5.74, 6) is 0.646.